The van der Waals surface area contributed by atoms with E-state index in [9.17, 15) is 4.39 Å². The first-order valence-corrected chi connectivity index (χ1v) is 5.88. The number of hydrogen-bond donors (Lipinski definition) is 1. The normalized spacial score (nSPS) is 30.2. The average Bonchev–Trinajstić information content (AvgIpc) is 2.93. The fourth-order valence-electron chi connectivity index (χ4n) is 2.69. The Labute approximate surface area is 99.2 Å². The molecule has 0 spiro atoms. The highest BCUT2D eigenvalue weighted by atomic mass is 19.1. The van der Waals surface area contributed by atoms with Gasteiger partial charge in [-0.2, -0.15) is 5.26 Å². The molecule has 2 bridgehead atoms. The lowest BCUT2D eigenvalue weighted by Crippen LogP contribution is -2.30. The van der Waals surface area contributed by atoms with Crippen molar-refractivity contribution in [3.63, 3.8) is 0 Å². The third-order valence-electron chi connectivity index (χ3n) is 3.55. The monoisotopic (exact) mass is 232 g/mol. The summed E-state index contributed by atoms with van der Waals surface area (Å²) in [6.45, 7) is 0. The van der Waals surface area contributed by atoms with E-state index in [1.54, 1.807) is 12.1 Å². The molecule has 2 aliphatic rings. The Hall–Kier alpha value is -1.60. The molecule has 1 N–H and O–H groups in total. The molecule has 1 aromatic carbocycles. The van der Waals surface area contributed by atoms with Gasteiger partial charge in [0.15, 0.2) is 0 Å². The molecule has 2 heterocycles. The van der Waals surface area contributed by atoms with Crippen LogP contribution in [-0.4, -0.2) is 18.2 Å². The summed E-state index contributed by atoms with van der Waals surface area (Å²) >= 11 is 0. The number of hydrogen-bond acceptors (Lipinski definition) is 3. The largest absolute Gasteiger partial charge is 0.377 e. The summed E-state index contributed by atoms with van der Waals surface area (Å²) in [5, 5.41) is 11.8. The van der Waals surface area contributed by atoms with Crippen LogP contribution in [0.5, 0.6) is 0 Å². The second-order valence-electron chi connectivity index (χ2n) is 4.67. The van der Waals surface area contributed by atoms with Crippen LogP contribution in [0.15, 0.2) is 18.2 Å². The van der Waals surface area contributed by atoms with Crippen LogP contribution >= 0.6 is 0 Å². The maximum absolute atomic E-state index is 13.7. The van der Waals surface area contributed by atoms with E-state index in [1.165, 1.54) is 6.07 Å². The van der Waals surface area contributed by atoms with Crippen LogP contribution in [0.4, 0.5) is 10.1 Å². The summed E-state index contributed by atoms with van der Waals surface area (Å²) in [5.74, 6) is -0.369. The van der Waals surface area contributed by atoms with Gasteiger partial charge in [-0.05, 0) is 37.5 Å². The van der Waals surface area contributed by atoms with E-state index in [4.69, 9.17) is 10.00 Å². The lowest BCUT2D eigenvalue weighted by molar-refractivity contribution is 0.102. The van der Waals surface area contributed by atoms with Crippen molar-refractivity contribution >= 4 is 5.69 Å². The highest BCUT2D eigenvalue weighted by Crippen LogP contribution is 2.36. The lowest BCUT2D eigenvalue weighted by Gasteiger charge is -2.21. The van der Waals surface area contributed by atoms with E-state index in [1.807, 2.05) is 6.07 Å². The third-order valence-corrected chi connectivity index (χ3v) is 3.55. The van der Waals surface area contributed by atoms with Crippen LogP contribution in [0.3, 0.4) is 0 Å². The number of nitriles is 1. The summed E-state index contributed by atoms with van der Waals surface area (Å²) in [5.41, 5.74) is 0.808. The van der Waals surface area contributed by atoms with Crippen molar-refractivity contribution in [2.45, 2.75) is 37.5 Å². The first-order chi connectivity index (χ1) is 8.26. The molecule has 0 amide bonds. The Bertz CT molecular complexity index is 483. The molecule has 0 radical (unpaired) electrons. The Balaban J connectivity index is 1.75. The number of halogens is 1. The van der Waals surface area contributed by atoms with Crippen molar-refractivity contribution in [2.75, 3.05) is 5.32 Å². The maximum atomic E-state index is 13.7. The van der Waals surface area contributed by atoms with E-state index in [-0.39, 0.29) is 18.0 Å². The van der Waals surface area contributed by atoms with Crippen LogP contribution in [0.25, 0.3) is 0 Å². The quantitative estimate of drug-likeness (QED) is 0.851. The predicted octanol–water partition coefficient (Wildman–Crippen LogP) is 2.43. The summed E-state index contributed by atoms with van der Waals surface area (Å²) in [7, 11) is 0. The van der Waals surface area contributed by atoms with Gasteiger partial charge in [0.2, 0.25) is 0 Å². The number of anilines is 1. The molecule has 17 heavy (non-hydrogen) atoms. The highest BCUT2D eigenvalue weighted by Gasteiger charge is 2.40. The number of rotatable bonds is 2. The molecule has 3 nitrogen and oxygen atoms in total. The molecule has 3 unspecified atom stereocenters. The molecule has 0 saturated carbocycles. The SMILES string of the molecule is N#Cc1ccc(NC2CC3CCC2O3)c(F)c1. The number of ether oxygens (including phenoxy) is 1. The van der Waals surface area contributed by atoms with Crippen molar-refractivity contribution in [3.05, 3.63) is 29.6 Å². The zero-order valence-electron chi connectivity index (χ0n) is 9.32. The summed E-state index contributed by atoms with van der Waals surface area (Å²) in [6.07, 6.45) is 3.69. The van der Waals surface area contributed by atoms with E-state index in [0.717, 1.165) is 19.3 Å². The Morgan fingerprint density at radius 1 is 1.41 bits per heavy atom. The van der Waals surface area contributed by atoms with Gasteiger partial charge >= 0.3 is 0 Å². The van der Waals surface area contributed by atoms with Gasteiger partial charge in [-0.15, -0.1) is 0 Å². The molecule has 2 fully saturated rings. The number of nitrogens with one attached hydrogen (secondary N) is 1. The van der Waals surface area contributed by atoms with E-state index < -0.39 is 0 Å². The van der Waals surface area contributed by atoms with Crippen LogP contribution in [-0.2, 0) is 4.74 Å². The molecule has 0 aromatic heterocycles. The van der Waals surface area contributed by atoms with Crippen molar-refractivity contribution in [1.82, 2.24) is 0 Å². The number of benzene rings is 1. The van der Waals surface area contributed by atoms with Crippen molar-refractivity contribution in [3.8, 4) is 6.07 Å². The van der Waals surface area contributed by atoms with E-state index in [0.29, 0.717) is 17.4 Å². The zero-order valence-corrected chi connectivity index (χ0v) is 9.32. The zero-order chi connectivity index (χ0) is 11.8. The van der Waals surface area contributed by atoms with Gasteiger partial charge < -0.3 is 10.1 Å². The van der Waals surface area contributed by atoms with Gasteiger partial charge in [0, 0.05) is 0 Å². The van der Waals surface area contributed by atoms with Gasteiger partial charge in [-0.3, -0.25) is 0 Å². The molecule has 3 rings (SSSR count). The maximum Gasteiger partial charge on any atom is 0.147 e. The topological polar surface area (TPSA) is 45.0 Å². The number of nitrogens with zero attached hydrogens (tertiary/aromatic N) is 1. The Morgan fingerprint density at radius 2 is 2.29 bits per heavy atom. The van der Waals surface area contributed by atoms with Gasteiger partial charge in [0.1, 0.15) is 5.82 Å². The smallest absolute Gasteiger partial charge is 0.147 e. The predicted molar refractivity (Wildman–Crippen MR) is 61.0 cm³/mol. The van der Waals surface area contributed by atoms with Gasteiger partial charge in [-0.1, -0.05) is 0 Å². The standard InChI is InChI=1S/C13H13FN2O/c14-10-5-8(7-15)1-3-11(10)16-12-6-9-2-4-13(12)17-9/h1,3,5,9,12-13,16H,2,4,6H2. The minimum atomic E-state index is -0.369. The highest BCUT2D eigenvalue weighted by molar-refractivity contribution is 5.49. The third kappa shape index (κ3) is 1.87. The minimum Gasteiger partial charge on any atom is -0.377 e. The van der Waals surface area contributed by atoms with E-state index >= 15 is 0 Å². The molecule has 0 aliphatic carbocycles. The van der Waals surface area contributed by atoms with Crippen LogP contribution in [0.1, 0.15) is 24.8 Å². The molecular weight excluding hydrogens is 219 g/mol. The fraction of sp³-hybridized carbons (Fsp3) is 0.462. The first-order valence-electron chi connectivity index (χ1n) is 5.88. The number of fused-ring (bicyclic) bond motifs is 2. The van der Waals surface area contributed by atoms with Gasteiger partial charge in [-0.25, -0.2) is 4.39 Å². The average molecular weight is 232 g/mol. The molecule has 4 heteroatoms. The van der Waals surface area contributed by atoms with Crippen LogP contribution in [0, 0.1) is 17.1 Å². The molecular formula is C13H13FN2O. The van der Waals surface area contributed by atoms with E-state index in [2.05, 4.69) is 5.32 Å². The molecule has 88 valence electrons. The van der Waals surface area contributed by atoms with Crippen molar-refractivity contribution in [2.24, 2.45) is 0 Å². The fourth-order valence-corrected chi connectivity index (χ4v) is 2.69. The summed E-state index contributed by atoms with van der Waals surface area (Å²) < 4.78 is 19.4. The minimum absolute atomic E-state index is 0.205. The van der Waals surface area contributed by atoms with Gasteiger partial charge in [0.25, 0.3) is 0 Å². The molecule has 2 aliphatic heterocycles. The second kappa shape index (κ2) is 4.01. The first kappa shape index (κ1) is 10.5. The van der Waals surface area contributed by atoms with Crippen LogP contribution in [0.2, 0.25) is 0 Å². The van der Waals surface area contributed by atoms with Crippen molar-refractivity contribution in [1.29, 1.82) is 5.26 Å². The molecule has 1 aromatic rings. The second-order valence-corrected chi connectivity index (χ2v) is 4.67. The van der Waals surface area contributed by atoms with Crippen molar-refractivity contribution < 1.29 is 9.13 Å². The Morgan fingerprint density at radius 3 is 2.88 bits per heavy atom. The van der Waals surface area contributed by atoms with Gasteiger partial charge in [0.05, 0.1) is 35.6 Å². The Kier molecular flexibility index (Phi) is 2.49. The summed E-state index contributed by atoms with van der Waals surface area (Å²) in [4.78, 5) is 0. The molecule has 2 saturated heterocycles. The lowest BCUT2D eigenvalue weighted by atomic mass is 9.95. The molecule has 3 atom stereocenters. The summed E-state index contributed by atoms with van der Waals surface area (Å²) in [6, 6.07) is 6.64. The van der Waals surface area contributed by atoms with Crippen LogP contribution < -0.4 is 5.32 Å².